The zero-order valence-electron chi connectivity index (χ0n) is 17.7. The van der Waals surface area contributed by atoms with E-state index in [1.807, 2.05) is 0 Å². The third-order valence-corrected chi connectivity index (χ3v) is 7.71. The van der Waals surface area contributed by atoms with E-state index in [2.05, 4.69) is 26.1 Å². The first-order valence-corrected chi connectivity index (χ1v) is 13.0. The third kappa shape index (κ3) is 7.54. The molecule has 1 heterocycles. The van der Waals surface area contributed by atoms with Crippen molar-refractivity contribution in [2.24, 2.45) is 0 Å². The highest BCUT2D eigenvalue weighted by molar-refractivity contribution is 9.10. The van der Waals surface area contributed by atoms with Gasteiger partial charge in [0.1, 0.15) is 0 Å². The van der Waals surface area contributed by atoms with Crippen molar-refractivity contribution in [3.63, 3.8) is 0 Å². The van der Waals surface area contributed by atoms with E-state index in [-0.39, 0.29) is 23.9 Å². The summed E-state index contributed by atoms with van der Waals surface area (Å²) in [4.78, 5) is 15.0. The Labute approximate surface area is 202 Å². The zero-order chi connectivity index (χ0) is 23.0. The minimum Gasteiger partial charge on any atom is -0.379 e. The number of amides is 1. The lowest BCUT2D eigenvalue weighted by Gasteiger charge is -2.26. The van der Waals surface area contributed by atoms with Crippen LogP contribution in [0.1, 0.15) is 12.0 Å². The Bertz CT molecular complexity index is 981. The van der Waals surface area contributed by atoms with Crippen LogP contribution < -0.4 is 5.32 Å². The van der Waals surface area contributed by atoms with Gasteiger partial charge in [-0.15, -0.1) is 0 Å². The average molecular weight is 545 g/mol. The first-order chi connectivity index (χ1) is 15.3. The molecule has 10 heteroatoms. The Morgan fingerprint density at radius 3 is 2.41 bits per heavy atom. The maximum atomic E-state index is 13.3. The number of nitrogens with zero attached hydrogens (tertiary/aromatic N) is 2. The molecule has 0 radical (unpaired) electrons. The molecule has 1 amide bonds. The van der Waals surface area contributed by atoms with Crippen molar-refractivity contribution in [3.8, 4) is 0 Å². The average Bonchev–Trinajstić information content (AvgIpc) is 2.79. The molecule has 32 heavy (non-hydrogen) atoms. The number of benzene rings is 2. The lowest BCUT2D eigenvalue weighted by molar-refractivity contribution is -0.121. The van der Waals surface area contributed by atoms with Crippen LogP contribution in [0.2, 0.25) is 5.02 Å². The molecule has 0 saturated carbocycles. The van der Waals surface area contributed by atoms with E-state index in [0.717, 1.165) is 49.3 Å². The quantitative estimate of drug-likeness (QED) is 0.465. The minimum absolute atomic E-state index is 0.0662. The second-order valence-electron chi connectivity index (χ2n) is 7.51. The molecule has 2 aromatic rings. The van der Waals surface area contributed by atoms with Gasteiger partial charge in [0.2, 0.25) is 15.9 Å². The Kier molecular flexibility index (Phi) is 9.51. The van der Waals surface area contributed by atoms with E-state index in [0.29, 0.717) is 11.6 Å². The van der Waals surface area contributed by atoms with E-state index in [1.165, 1.54) is 16.4 Å². The van der Waals surface area contributed by atoms with Gasteiger partial charge in [0, 0.05) is 35.7 Å². The summed E-state index contributed by atoms with van der Waals surface area (Å²) >= 11 is 9.27. The number of halogens is 2. The van der Waals surface area contributed by atoms with Crippen molar-refractivity contribution < 1.29 is 17.9 Å². The van der Waals surface area contributed by atoms with Crippen molar-refractivity contribution in [1.29, 1.82) is 0 Å². The van der Waals surface area contributed by atoms with Crippen molar-refractivity contribution >= 4 is 43.5 Å². The Morgan fingerprint density at radius 1 is 1.09 bits per heavy atom. The molecule has 1 aliphatic heterocycles. The van der Waals surface area contributed by atoms with E-state index in [1.54, 1.807) is 36.4 Å². The molecular formula is C22H27BrClN3O4S. The van der Waals surface area contributed by atoms with Crippen molar-refractivity contribution in [2.45, 2.75) is 17.9 Å². The summed E-state index contributed by atoms with van der Waals surface area (Å²) in [6.07, 6.45) is 0.794. The smallest absolute Gasteiger partial charge is 0.243 e. The highest BCUT2D eigenvalue weighted by Gasteiger charge is 2.27. The molecule has 7 nitrogen and oxygen atoms in total. The zero-order valence-corrected chi connectivity index (χ0v) is 20.8. The Balaban J connectivity index is 1.64. The maximum absolute atomic E-state index is 13.3. The van der Waals surface area contributed by atoms with Crippen LogP contribution in [0.3, 0.4) is 0 Å². The minimum atomic E-state index is -3.87. The number of hydrogen-bond acceptors (Lipinski definition) is 5. The molecular weight excluding hydrogens is 518 g/mol. The molecule has 0 spiro atoms. The summed E-state index contributed by atoms with van der Waals surface area (Å²) in [5.41, 5.74) is 0.746. The molecule has 2 aromatic carbocycles. The first-order valence-electron chi connectivity index (χ1n) is 10.4. The lowest BCUT2D eigenvalue weighted by Crippen LogP contribution is -2.41. The molecule has 0 atom stereocenters. The largest absolute Gasteiger partial charge is 0.379 e. The SMILES string of the molecule is O=C(CN(Cc1ccc(Cl)cc1)S(=O)(=O)c1ccc(Br)cc1)NCCCN1CCOCC1. The number of carbonyl (C=O) groups excluding carboxylic acids is 1. The van der Waals surface area contributed by atoms with Gasteiger partial charge in [-0.2, -0.15) is 4.31 Å². The van der Waals surface area contributed by atoms with Gasteiger partial charge in [0.05, 0.1) is 24.7 Å². The summed E-state index contributed by atoms with van der Waals surface area (Å²) in [5.74, 6) is -0.332. The van der Waals surface area contributed by atoms with Gasteiger partial charge in [-0.25, -0.2) is 8.42 Å². The molecule has 174 valence electrons. The maximum Gasteiger partial charge on any atom is 0.243 e. The van der Waals surface area contributed by atoms with E-state index in [9.17, 15) is 13.2 Å². The molecule has 1 N–H and O–H groups in total. The van der Waals surface area contributed by atoms with Gasteiger partial charge in [0.25, 0.3) is 0 Å². The molecule has 1 saturated heterocycles. The van der Waals surface area contributed by atoms with Gasteiger partial charge in [-0.1, -0.05) is 39.7 Å². The van der Waals surface area contributed by atoms with Gasteiger partial charge >= 0.3 is 0 Å². The standard InChI is InChI=1S/C22H27BrClN3O4S/c23-19-4-8-21(9-5-19)32(29,30)27(16-18-2-6-20(24)7-3-18)17-22(28)25-10-1-11-26-12-14-31-15-13-26/h2-9H,1,10-17H2,(H,25,28). The van der Waals surface area contributed by atoms with Crippen LogP contribution in [-0.2, 0) is 26.1 Å². The van der Waals surface area contributed by atoms with Gasteiger partial charge in [-0.3, -0.25) is 9.69 Å². The molecule has 0 bridgehead atoms. The van der Waals surface area contributed by atoms with Gasteiger partial charge in [-0.05, 0) is 54.9 Å². The van der Waals surface area contributed by atoms with Crippen LogP contribution in [0.4, 0.5) is 0 Å². The van der Waals surface area contributed by atoms with Crippen molar-refractivity contribution in [2.75, 3.05) is 45.9 Å². The highest BCUT2D eigenvalue weighted by atomic mass is 79.9. The fraction of sp³-hybridized carbons (Fsp3) is 0.409. The number of sulfonamides is 1. The number of hydrogen-bond donors (Lipinski definition) is 1. The van der Waals surface area contributed by atoms with E-state index >= 15 is 0 Å². The molecule has 1 aliphatic rings. The molecule has 0 unspecified atom stereocenters. The lowest BCUT2D eigenvalue weighted by atomic mass is 10.2. The monoisotopic (exact) mass is 543 g/mol. The second-order valence-corrected chi connectivity index (χ2v) is 10.8. The van der Waals surface area contributed by atoms with Crippen LogP contribution in [0.15, 0.2) is 57.9 Å². The van der Waals surface area contributed by atoms with Crippen LogP contribution in [0.25, 0.3) is 0 Å². The summed E-state index contributed by atoms with van der Waals surface area (Å²) < 4.78 is 33.8. The molecule has 1 fully saturated rings. The van der Waals surface area contributed by atoms with Gasteiger partial charge < -0.3 is 10.1 Å². The summed E-state index contributed by atoms with van der Waals surface area (Å²) in [6, 6.07) is 13.3. The van der Waals surface area contributed by atoms with Crippen LogP contribution in [0, 0.1) is 0 Å². The second kappa shape index (κ2) is 12.1. The predicted molar refractivity (Wildman–Crippen MR) is 128 cm³/mol. The normalized spacial score (nSPS) is 15.1. The molecule has 3 rings (SSSR count). The Morgan fingerprint density at radius 2 is 1.75 bits per heavy atom. The van der Waals surface area contributed by atoms with Crippen molar-refractivity contribution in [3.05, 3.63) is 63.6 Å². The van der Waals surface area contributed by atoms with Crippen LogP contribution in [0.5, 0.6) is 0 Å². The summed E-state index contributed by atoms with van der Waals surface area (Å²) in [6.45, 7) is 4.43. The summed E-state index contributed by atoms with van der Waals surface area (Å²) in [7, 11) is -3.87. The van der Waals surface area contributed by atoms with E-state index < -0.39 is 10.0 Å². The molecule has 0 aromatic heterocycles. The predicted octanol–water partition coefficient (Wildman–Crippen LogP) is 3.13. The molecule has 0 aliphatic carbocycles. The third-order valence-electron chi connectivity index (χ3n) is 5.12. The first kappa shape index (κ1) is 25.1. The number of morpholine rings is 1. The van der Waals surface area contributed by atoms with Crippen LogP contribution in [-0.4, -0.2) is 69.5 Å². The fourth-order valence-electron chi connectivity index (χ4n) is 3.35. The number of nitrogens with one attached hydrogen (secondary N) is 1. The van der Waals surface area contributed by atoms with Crippen molar-refractivity contribution in [1.82, 2.24) is 14.5 Å². The van der Waals surface area contributed by atoms with Gasteiger partial charge in [0.15, 0.2) is 0 Å². The highest BCUT2D eigenvalue weighted by Crippen LogP contribution is 2.21. The number of rotatable bonds is 10. The fourth-order valence-corrected chi connectivity index (χ4v) is 5.12. The van der Waals surface area contributed by atoms with Crippen LogP contribution >= 0.6 is 27.5 Å². The van der Waals surface area contributed by atoms with E-state index in [4.69, 9.17) is 16.3 Å². The summed E-state index contributed by atoms with van der Waals surface area (Å²) in [5, 5.41) is 3.41. The number of carbonyl (C=O) groups is 1. The Hall–Kier alpha value is -1.49. The number of ether oxygens (including phenoxy) is 1. The topological polar surface area (TPSA) is 79.0 Å².